The highest BCUT2D eigenvalue weighted by molar-refractivity contribution is 5.95. The van der Waals surface area contributed by atoms with E-state index in [-0.39, 0.29) is 5.91 Å². The molecule has 0 radical (unpaired) electrons. The Labute approximate surface area is 178 Å². The van der Waals surface area contributed by atoms with E-state index in [4.69, 9.17) is 0 Å². The van der Waals surface area contributed by atoms with Crippen molar-refractivity contribution >= 4 is 5.91 Å². The van der Waals surface area contributed by atoms with Crippen molar-refractivity contribution in [1.29, 1.82) is 0 Å². The van der Waals surface area contributed by atoms with Gasteiger partial charge in [-0.25, -0.2) is 0 Å². The number of hydrogen-bond donors (Lipinski definition) is 0. The summed E-state index contributed by atoms with van der Waals surface area (Å²) in [6.45, 7) is 2.17. The molecular weight excluding hydrogens is 368 g/mol. The Hall–Kier alpha value is -2.91. The minimum Gasteiger partial charge on any atom is -0.345 e. The molecule has 0 aromatic heterocycles. The molecule has 0 fully saturated rings. The van der Waals surface area contributed by atoms with Crippen molar-refractivity contribution in [3.63, 3.8) is 0 Å². The van der Waals surface area contributed by atoms with Crippen LogP contribution in [0.2, 0.25) is 0 Å². The quantitative estimate of drug-likeness (QED) is 0.627. The van der Waals surface area contributed by atoms with Gasteiger partial charge in [-0.3, -0.25) is 9.69 Å². The second-order valence-electron chi connectivity index (χ2n) is 8.83. The second-order valence-corrected chi connectivity index (χ2v) is 8.83. The van der Waals surface area contributed by atoms with E-state index in [1.165, 1.54) is 34.2 Å². The van der Waals surface area contributed by atoms with E-state index in [2.05, 4.69) is 53.4 Å². The number of rotatable bonds is 3. The summed E-state index contributed by atoms with van der Waals surface area (Å²) in [7, 11) is 3.59. The van der Waals surface area contributed by atoms with E-state index in [9.17, 15) is 4.79 Å². The van der Waals surface area contributed by atoms with Crippen LogP contribution < -0.4 is 0 Å². The molecule has 0 saturated carbocycles. The van der Waals surface area contributed by atoms with Crippen LogP contribution in [0.25, 0.3) is 11.1 Å². The van der Waals surface area contributed by atoms with Crippen LogP contribution in [0.5, 0.6) is 0 Å². The van der Waals surface area contributed by atoms with Gasteiger partial charge in [-0.2, -0.15) is 0 Å². The van der Waals surface area contributed by atoms with Crippen molar-refractivity contribution in [2.75, 3.05) is 14.1 Å². The number of nitrogens with zero attached hydrogens (tertiary/aromatic N) is 2. The minimum atomic E-state index is 0.0456. The van der Waals surface area contributed by atoms with Gasteiger partial charge in [-0.05, 0) is 64.8 Å². The first kappa shape index (κ1) is 19.1. The van der Waals surface area contributed by atoms with Gasteiger partial charge in [0.15, 0.2) is 0 Å². The largest absolute Gasteiger partial charge is 0.345 e. The fourth-order valence-corrected chi connectivity index (χ4v) is 4.93. The van der Waals surface area contributed by atoms with Crippen molar-refractivity contribution in [1.82, 2.24) is 9.80 Å². The number of amides is 1. The van der Waals surface area contributed by atoms with Crippen LogP contribution in [0, 0.1) is 0 Å². The fraction of sp³-hybridized carbons (Fsp3) is 0.296. The van der Waals surface area contributed by atoms with E-state index in [1.54, 1.807) is 19.0 Å². The summed E-state index contributed by atoms with van der Waals surface area (Å²) in [6, 6.07) is 24.3. The molecular formula is C27H28N2O. The van der Waals surface area contributed by atoms with Gasteiger partial charge in [0, 0.05) is 38.8 Å². The molecule has 1 heterocycles. The lowest BCUT2D eigenvalue weighted by molar-refractivity contribution is 0.0827. The van der Waals surface area contributed by atoms with E-state index >= 15 is 0 Å². The highest BCUT2D eigenvalue weighted by atomic mass is 16.2. The zero-order chi connectivity index (χ0) is 20.7. The predicted molar refractivity (Wildman–Crippen MR) is 121 cm³/mol. The Kier molecular flexibility index (Phi) is 4.92. The Balaban J connectivity index is 1.34. The number of carbonyl (C=O) groups is 1. The third-order valence-corrected chi connectivity index (χ3v) is 6.64. The number of benzene rings is 3. The average molecular weight is 397 g/mol. The topological polar surface area (TPSA) is 23.6 Å². The number of hydrogen-bond acceptors (Lipinski definition) is 2. The molecule has 3 aromatic rings. The lowest BCUT2D eigenvalue weighted by Gasteiger charge is -2.32. The van der Waals surface area contributed by atoms with Gasteiger partial charge in [0.1, 0.15) is 0 Å². The standard InChI is InChI=1S/C27H28N2O/c1-28(2)27(30)23-9-5-8-19(15-23)20-10-11-22-16-26(13-12-21(22)14-20)29-17-24-6-3-4-7-25(24)18-29/h3-11,14-15,26H,12-13,16-18H2,1-2H3. The Morgan fingerprint density at radius 2 is 1.57 bits per heavy atom. The van der Waals surface area contributed by atoms with Crippen LogP contribution in [0.1, 0.15) is 39.0 Å². The maximum atomic E-state index is 12.3. The van der Waals surface area contributed by atoms with Gasteiger partial charge in [-0.1, -0.05) is 54.6 Å². The van der Waals surface area contributed by atoms with Gasteiger partial charge in [0.2, 0.25) is 0 Å². The minimum absolute atomic E-state index is 0.0456. The molecule has 1 amide bonds. The molecule has 0 bridgehead atoms. The lowest BCUT2D eigenvalue weighted by atomic mass is 9.85. The maximum Gasteiger partial charge on any atom is 0.253 e. The highest BCUT2D eigenvalue weighted by Crippen LogP contribution is 2.33. The van der Waals surface area contributed by atoms with E-state index < -0.39 is 0 Å². The summed E-state index contributed by atoms with van der Waals surface area (Å²) < 4.78 is 0. The molecule has 152 valence electrons. The van der Waals surface area contributed by atoms with Gasteiger partial charge in [0.05, 0.1) is 0 Å². The van der Waals surface area contributed by atoms with Crippen molar-refractivity contribution in [2.24, 2.45) is 0 Å². The SMILES string of the molecule is CN(C)C(=O)c1cccc(-c2ccc3c(c2)CCC(N2Cc4ccccc4C2)C3)c1. The molecule has 3 heteroatoms. The van der Waals surface area contributed by atoms with Crippen molar-refractivity contribution in [3.8, 4) is 11.1 Å². The summed E-state index contributed by atoms with van der Waals surface area (Å²) in [4.78, 5) is 16.6. The van der Waals surface area contributed by atoms with Crippen molar-refractivity contribution in [2.45, 2.75) is 38.4 Å². The molecule has 1 atom stereocenters. The van der Waals surface area contributed by atoms with Crippen molar-refractivity contribution < 1.29 is 4.79 Å². The Bertz CT molecular complexity index is 1080. The van der Waals surface area contributed by atoms with Crippen LogP contribution >= 0.6 is 0 Å². The molecule has 5 rings (SSSR count). The predicted octanol–water partition coefficient (Wildman–Crippen LogP) is 4.93. The first-order chi connectivity index (χ1) is 14.6. The summed E-state index contributed by atoms with van der Waals surface area (Å²) in [5.41, 5.74) is 8.98. The number of fused-ring (bicyclic) bond motifs is 2. The van der Waals surface area contributed by atoms with Gasteiger partial charge >= 0.3 is 0 Å². The summed E-state index contributed by atoms with van der Waals surface area (Å²) in [5, 5.41) is 0. The normalized spacial score (nSPS) is 18.0. The number of aryl methyl sites for hydroxylation is 1. The van der Waals surface area contributed by atoms with Crippen molar-refractivity contribution in [3.05, 3.63) is 94.5 Å². The second kappa shape index (κ2) is 7.73. The summed E-state index contributed by atoms with van der Waals surface area (Å²) in [6.07, 6.45) is 3.46. The van der Waals surface area contributed by atoms with Crippen LogP contribution in [0.15, 0.2) is 66.7 Å². The van der Waals surface area contributed by atoms with E-state index in [0.717, 1.165) is 37.1 Å². The van der Waals surface area contributed by atoms with Gasteiger partial charge in [0.25, 0.3) is 5.91 Å². The average Bonchev–Trinajstić information content (AvgIpc) is 3.22. The number of carbonyl (C=O) groups excluding carboxylic acids is 1. The molecule has 0 N–H and O–H groups in total. The molecule has 1 unspecified atom stereocenters. The molecule has 2 aliphatic rings. The smallest absolute Gasteiger partial charge is 0.253 e. The molecule has 30 heavy (non-hydrogen) atoms. The van der Waals surface area contributed by atoms with Crippen LogP contribution in [0.3, 0.4) is 0 Å². The molecule has 0 spiro atoms. The summed E-state index contributed by atoms with van der Waals surface area (Å²) in [5.74, 6) is 0.0456. The molecule has 1 aliphatic carbocycles. The Morgan fingerprint density at radius 1 is 0.833 bits per heavy atom. The monoisotopic (exact) mass is 396 g/mol. The highest BCUT2D eigenvalue weighted by Gasteiger charge is 2.28. The van der Waals surface area contributed by atoms with Gasteiger partial charge in [-0.15, -0.1) is 0 Å². The summed E-state index contributed by atoms with van der Waals surface area (Å²) >= 11 is 0. The molecule has 3 nitrogen and oxygen atoms in total. The van der Waals surface area contributed by atoms with Crippen LogP contribution in [0.4, 0.5) is 0 Å². The maximum absolute atomic E-state index is 12.3. The van der Waals surface area contributed by atoms with Gasteiger partial charge < -0.3 is 4.90 Å². The van der Waals surface area contributed by atoms with E-state index in [1.807, 2.05) is 18.2 Å². The first-order valence-corrected chi connectivity index (χ1v) is 10.8. The third-order valence-electron chi connectivity index (χ3n) is 6.64. The zero-order valence-corrected chi connectivity index (χ0v) is 17.8. The molecule has 0 saturated heterocycles. The van der Waals surface area contributed by atoms with E-state index in [0.29, 0.717) is 6.04 Å². The zero-order valence-electron chi connectivity index (χ0n) is 17.8. The molecule has 1 aliphatic heterocycles. The fourth-order valence-electron chi connectivity index (χ4n) is 4.93. The third kappa shape index (κ3) is 3.54. The van der Waals surface area contributed by atoms with Crippen LogP contribution in [-0.4, -0.2) is 35.8 Å². The lowest BCUT2D eigenvalue weighted by Crippen LogP contribution is -2.35. The first-order valence-electron chi connectivity index (χ1n) is 10.8. The molecule has 3 aromatic carbocycles. The van der Waals surface area contributed by atoms with Crippen LogP contribution in [-0.2, 0) is 25.9 Å². The Morgan fingerprint density at radius 3 is 2.30 bits per heavy atom.